The molecule has 2 aromatic carbocycles. The lowest BCUT2D eigenvalue weighted by molar-refractivity contribution is 0.0342. The molecule has 1 fully saturated rings. The van der Waals surface area contributed by atoms with E-state index in [2.05, 4.69) is 10.2 Å². The number of hydrogen-bond acceptors (Lipinski definition) is 5. The number of ether oxygens (including phenoxy) is 2. The molecule has 0 spiro atoms. The molecule has 152 valence electrons. The Morgan fingerprint density at radius 1 is 1.10 bits per heavy atom. The second kappa shape index (κ2) is 7.97. The Hall–Kier alpha value is -2.70. The summed E-state index contributed by atoms with van der Waals surface area (Å²) in [4.78, 5) is 27.4. The number of morpholine rings is 1. The molecule has 0 unspecified atom stereocenters. The average Bonchev–Trinajstić information content (AvgIpc) is 2.69. The van der Waals surface area contributed by atoms with Crippen molar-refractivity contribution in [2.75, 3.05) is 31.6 Å². The molecule has 1 saturated heterocycles. The first-order chi connectivity index (χ1) is 13.9. The van der Waals surface area contributed by atoms with Gasteiger partial charge in [-0.3, -0.25) is 14.5 Å². The molecule has 6 heteroatoms. The molecule has 0 saturated carbocycles. The van der Waals surface area contributed by atoms with Crippen molar-refractivity contribution in [3.8, 4) is 5.75 Å². The number of carbonyl (C=O) groups is 2. The minimum atomic E-state index is -0.517. The Balaban J connectivity index is 1.42. The number of fused-ring (bicyclic) bond motifs is 1. The van der Waals surface area contributed by atoms with E-state index in [1.54, 1.807) is 18.2 Å². The second-order valence-electron chi connectivity index (χ2n) is 8.21. The van der Waals surface area contributed by atoms with Crippen LogP contribution in [0, 0.1) is 0 Å². The van der Waals surface area contributed by atoms with Gasteiger partial charge in [0.25, 0.3) is 5.91 Å². The number of benzene rings is 2. The Kier molecular flexibility index (Phi) is 5.39. The van der Waals surface area contributed by atoms with Gasteiger partial charge in [-0.25, -0.2) is 0 Å². The van der Waals surface area contributed by atoms with Crippen LogP contribution in [-0.4, -0.2) is 48.5 Å². The zero-order valence-corrected chi connectivity index (χ0v) is 16.9. The first-order valence-corrected chi connectivity index (χ1v) is 9.96. The highest BCUT2D eigenvalue weighted by molar-refractivity contribution is 6.07. The molecule has 2 aliphatic heterocycles. The average molecular weight is 394 g/mol. The largest absolute Gasteiger partial charge is 0.487 e. The fourth-order valence-electron chi connectivity index (χ4n) is 3.71. The van der Waals surface area contributed by atoms with Crippen LogP contribution in [0.3, 0.4) is 0 Å². The number of ketones is 1. The topological polar surface area (TPSA) is 67.9 Å². The highest BCUT2D eigenvalue weighted by atomic mass is 16.5. The minimum Gasteiger partial charge on any atom is -0.487 e. The van der Waals surface area contributed by atoms with E-state index < -0.39 is 5.60 Å². The normalized spacial score (nSPS) is 18.6. The van der Waals surface area contributed by atoms with Gasteiger partial charge in [0.15, 0.2) is 5.78 Å². The molecule has 0 aromatic heterocycles. The molecule has 0 bridgehead atoms. The molecule has 6 nitrogen and oxygen atoms in total. The Labute approximate surface area is 170 Å². The molecule has 0 atom stereocenters. The van der Waals surface area contributed by atoms with Crippen LogP contribution in [0.25, 0.3) is 0 Å². The van der Waals surface area contributed by atoms with Gasteiger partial charge >= 0.3 is 0 Å². The number of hydrogen-bond donors (Lipinski definition) is 1. The molecule has 2 aromatic rings. The van der Waals surface area contributed by atoms with Gasteiger partial charge in [0.2, 0.25) is 0 Å². The molecule has 0 radical (unpaired) electrons. The van der Waals surface area contributed by atoms with E-state index in [1.807, 2.05) is 38.1 Å². The summed E-state index contributed by atoms with van der Waals surface area (Å²) in [7, 11) is 0. The van der Waals surface area contributed by atoms with E-state index in [4.69, 9.17) is 9.47 Å². The maximum Gasteiger partial charge on any atom is 0.255 e. The number of amides is 1. The van der Waals surface area contributed by atoms with Crippen molar-refractivity contribution >= 4 is 17.4 Å². The summed E-state index contributed by atoms with van der Waals surface area (Å²) in [6.45, 7) is 8.09. The van der Waals surface area contributed by atoms with Crippen molar-refractivity contribution in [3.63, 3.8) is 0 Å². The lowest BCUT2D eigenvalue weighted by Crippen LogP contribution is -2.36. The lowest BCUT2D eigenvalue weighted by atomic mass is 9.92. The van der Waals surface area contributed by atoms with Gasteiger partial charge < -0.3 is 14.8 Å². The summed E-state index contributed by atoms with van der Waals surface area (Å²) >= 11 is 0. The van der Waals surface area contributed by atoms with Crippen LogP contribution in [0.5, 0.6) is 5.75 Å². The van der Waals surface area contributed by atoms with Gasteiger partial charge in [-0.05, 0) is 49.7 Å². The van der Waals surface area contributed by atoms with Gasteiger partial charge in [-0.1, -0.05) is 12.1 Å². The van der Waals surface area contributed by atoms with E-state index >= 15 is 0 Å². The number of nitrogens with one attached hydrogen (secondary N) is 1. The van der Waals surface area contributed by atoms with E-state index in [0.29, 0.717) is 23.3 Å². The highest BCUT2D eigenvalue weighted by Gasteiger charge is 2.32. The zero-order valence-electron chi connectivity index (χ0n) is 16.9. The number of rotatable bonds is 4. The minimum absolute atomic E-state index is 0.00151. The van der Waals surface area contributed by atoms with Crippen LogP contribution >= 0.6 is 0 Å². The van der Waals surface area contributed by atoms with Crippen molar-refractivity contribution in [1.29, 1.82) is 0 Å². The van der Waals surface area contributed by atoms with Gasteiger partial charge in [0.1, 0.15) is 11.4 Å². The molecule has 29 heavy (non-hydrogen) atoms. The first kappa shape index (κ1) is 19.6. The predicted octanol–water partition coefficient (Wildman–Crippen LogP) is 3.51. The summed E-state index contributed by atoms with van der Waals surface area (Å²) in [5.41, 5.74) is 2.32. The quantitative estimate of drug-likeness (QED) is 0.859. The number of carbonyl (C=O) groups excluding carboxylic acids is 2. The standard InChI is InChI=1S/C23H26N2O4/c1-23(2)14-20(26)19-13-17(5-8-21(19)29-23)22(27)24-18-6-3-16(4-7-18)15-25-9-11-28-12-10-25/h3-8,13H,9-12,14-15H2,1-2H3,(H,24,27). The molecule has 4 rings (SSSR count). The van der Waals surface area contributed by atoms with Crippen LogP contribution < -0.4 is 10.1 Å². The highest BCUT2D eigenvalue weighted by Crippen LogP contribution is 2.33. The van der Waals surface area contributed by atoms with Gasteiger partial charge in [-0.2, -0.15) is 0 Å². The number of Topliss-reactive ketones (excluding diaryl/α,β-unsaturated/α-hetero) is 1. The Bertz CT molecular complexity index is 915. The molecule has 0 aliphatic carbocycles. The van der Waals surface area contributed by atoms with E-state index in [9.17, 15) is 9.59 Å². The third-order valence-electron chi connectivity index (χ3n) is 5.24. The van der Waals surface area contributed by atoms with Gasteiger partial charge in [0, 0.05) is 30.9 Å². The smallest absolute Gasteiger partial charge is 0.255 e. The second-order valence-corrected chi connectivity index (χ2v) is 8.21. The van der Waals surface area contributed by atoms with Crippen LogP contribution in [0.4, 0.5) is 5.69 Å². The predicted molar refractivity (Wildman–Crippen MR) is 111 cm³/mol. The van der Waals surface area contributed by atoms with Crippen molar-refractivity contribution < 1.29 is 19.1 Å². The lowest BCUT2D eigenvalue weighted by Gasteiger charge is -2.31. The monoisotopic (exact) mass is 394 g/mol. The maximum absolute atomic E-state index is 12.7. The van der Waals surface area contributed by atoms with Crippen LogP contribution in [0.2, 0.25) is 0 Å². The SMILES string of the molecule is CC1(C)CC(=O)c2cc(C(=O)Nc3ccc(CN4CCOCC4)cc3)ccc2O1. The Morgan fingerprint density at radius 2 is 1.83 bits per heavy atom. The van der Waals surface area contributed by atoms with Gasteiger partial charge in [0.05, 0.1) is 25.2 Å². The molecule has 2 heterocycles. The van der Waals surface area contributed by atoms with Crippen molar-refractivity contribution in [1.82, 2.24) is 4.90 Å². The molecule has 1 N–H and O–H groups in total. The summed E-state index contributed by atoms with van der Waals surface area (Å²) in [5, 5.41) is 2.90. The molecular formula is C23H26N2O4. The van der Waals surface area contributed by atoms with E-state index in [-0.39, 0.29) is 11.7 Å². The van der Waals surface area contributed by atoms with Crippen molar-refractivity contribution in [3.05, 3.63) is 59.2 Å². The van der Waals surface area contributed by atoms with Crippen LogP contribution in [-0.2, 0) is 11.3 Å². The van der Waals surface area contributed by atoms with Crippen LogP contribution in [0.1, 0.15) is 46.5 Å². The van der Waals surface area contributed by atoms with E-state index in [0.717, 1.165) is 38.5 Å². The number of anilines is 1. The fourth-order valence-corrected chi connectivity index (χ4v) is 3.71. The summed E-state index contributed by atoms with van der Waals surface area (Å²) in [6, 6.07) is 12.9. The first-order valence-electron chi connectivity index (χ1n) is 9.96. The number of nitrogens with zero attached hydrogens (tertiary/aromatic N) is 1. The summed E-state index contributed by atoms with van der Waals surface area (Å²) in [5.74, 6) is 0.292. The van der Waals surface area contributed by atoms with Crippen LogP contribution in [0.15, 0.2) is 42.5 Å². The molecule has 1 amide bonds. The Morgan fingerprint density at radius 3 is 2.55 bits per heavy atom. The third-order valence-corrected chi connectivity index (χ3v) is 5.24. The molecular weight excluding hydrogens is 368 g/mol. The summed E-state index contributed by atoms with van der Waals surface area (Å²) in [6.07, 6.45) is 0.301. The van der Waals surface area contributed by atoms with Crippen molar-refractivity contribution in [2.45, 2.75) is 32.4 Å². The van der Waals surface area contributed by atoms with E-state index in [1.165, 1.54) is 5.56 Å². The third kappa shape index (κ3) is 4.66. The zero-order chi connectivity index (χ0) is 20.4. The fraction of sp³-hybridized carbons (Fsp3) is 0.391. The molecule has 2 aliphatic rings. The van der Waals surface area contributed by atoms with Crippen molar-refractivity contribution in [2.24, 2.45) is 0 Å². The summed E-state index contributed by atoms with van der Waals surface area (Å²) < 4.78 is 11.2. The maximum atomic E-state index is 12.7. The van der Waals surface area contributed by atoms with Gasteiger partial charge in [-0.15, -0.1) is 0 Å².